The lowest BCUT2D eigenvalue weighted by Gasteiger charge is -2.08. The first-order chi connectivity index (χ1) is 16.1. The van der Waals surface area contributed by atoms with Crippen LogP contribution in [-0.2, 0) is 17.8 Å². The van der Waals surface area contributed by atoms with Crippen molar-refractivity contribution in [2.75, 3.05) is 19.5 Å². The van der Waals surface area contributed by atoms with Gasteiger partial charge in [0.1, 0.15) is 5.01 Å². The largest absolute Gasteiger partial charge is 0.493 e. The number of hydrogen-bond acceptors (Lipinski definition) is 6. The molecule has 0 aliphatic carbocycles. The van der Waals surface area contributed by atoms with Crippen LogP contribution in [-0.4, -0.2) is 29.7 Å². The Balaban J connectivity index is 1.37. The summed E-state index contributed by atoms with van der Waals surface area (Å²) >= 11 is 1.47. The number of anilines is 1. The van der Waals surface area contributed by atoms with Crippen molar-refractivity contribution in [3.05, 3.63) is 93.9 Å². The van der Waals surface area contributed by atoms with Crippen molar-refractivity contribution in [3.63, 3.8) is 0 Å². The van der Waals surface area contributed by atoms with Crippen LogP contribution in [0.5, 0.6) is 11.5 Å². The van der Waals surface area contributed by atoms with E-state index in [2.05, 4.69) is 10.3 Å². The Morgan fingerprint density at radius 1 is 1.03 bits per heavy atom. The van der Waals surface area contributed by atoms with Crippen LogP contribution in [0.3, 0.4) is 0 Å². The number of nitrogens with one attached hydrogen (secondary N) is 1. The monoisotopic (exact) mass is 461 g/mol. The highest BCUT2D eigenvalue weighted by Crippen LogP contribution is 2.33. The molecule has 0 radical (unpaired) electrons. The van der Waals surface area contributed by atoms with Crippen molar-refractivity contribution in [2.24, 2.45) is 0 Å². The van der Waals surface area contributed by atoms with Crippen LogP contribution in [0.15, 0.2) is 77.0 Å². The molecule has 8 heteroatoms. The lowest BCUT2D eigenvalue weighted by Crippen LogP contribution is -2.18. The summed E-state index contributed by atoms with van der Waals surface area (Å²) in [5.74, 6) is 1.13. The van der Waals surface area contributed by atoms with Crippen molar-refractivity contribution < 1.29 is 14.3 Å². The quantitative estimate of drug-likeness (QED) is 0.425. The smallest absolute Gasteiger partial charge is 0.250 e. The Morgan fingerprint density at radius 3 is 2.55 bits per heavy atom. The third-order valence-electron chi connectivity index (χ3n) is 5.01. The molecule has 0 aliphatic heterocycles. The van der Waals surface area contributed by atoms with E-state index in [0.29, 0.717) is 29.4 Å². The summed E-state index contributed by atoms with van der Waals surface area (Å²) in [6.07, 6.45) is 1.92. The van der Waals surface area contributed by atoms with Crippen LogP contribution in [0.1, 0.15) is 11.3 Å². The highest BCUT2D eigenvalue weighted by atomic mass is 32.1. The van der Waals surface area contributed by atoms with Gasteiger partial charge in [-0.15, -0.1) is 11.3 Å². The molecule has 33 heavy (non-hydrogen) atoms. The number of amides is 1. The first-order valence-corrected chi connectivity index (χ1v) is 11.1. The van der Waals surface area contributed by atoms with Gasteiger partial charge in [0.25, 0.3) is 5.56 Å². The fourth-order valence-corrected chi connectivity index (χ4v) is 4.16. The maximum absolute atomic E-state index is 12.5. The predicted molar refractivity (Wildman–Crippen MR) is 129 cm³/mol. The number of ether oxygens (including phenoxy) is 2. The maximum atomic E-state index is 12.5. The number of nitrogens with zero attached hydrogens (tertiary/aromatic N) is 2. The van der Waals surface area contributed by atoms with Crippen molar-refractivity contribution in [2.45, 2.75) is 13.0 Å². The second-order valence-electron chi connectivity index (χ2n) is 7.30. The van der Waals surface area contributed by atoms with Gasteiger partial charge in [0.15, 0.2) is 11.5 Å². The molecule has 0 bridgehead atoms. The molecule has 2 heterocycles. The minimum absolute atomic E-state index is 0.0504. The molecule has 0 unspecified atom stereocenters. The third kappa shape index (κ3) is 5.48. The van der Waals surface area contributed by atoms with Crippen LogP contribution in [0.2, 0.25) is 0 Å². The van der Waals surface area contributed by atoms with Gasteiger partial charge in [0, 0.05) is 28.9 Å². The zero-order chi connectivity index (χ0) is 23.2. The SMILES string of the molecule is COc1ccc(-c2nc(CC(=O)Nc3ccc(Cn4ccccc4=O)cc3)cs2)cc1OC. The molecule has 0 fully saturated rings. The highest BCUT2D eigenvalue weighted by Gasteiger charge is 2.12. The molecular weight excluding hydrogens is 438 g/mol. The van der Waals surface area contributed by atoms with Gasteiger partial charge < -0.3 is 19.4 Å². The zero-order valence-electron chi connectivity index (χ0n) is 18.3. The van der Waals surface area contributed by atoms with Crippen LogP contribution in [0, 0.1) is 0 Å². The van der Waals surface area contributed by atoms with Gasteiger partial charge in [-0.25, -0.2) is 4.98 Å². The average Bonchev–Trinajstić information content (AvgIpc) is 3.29. The van der Waals surface area contributed by atoms with Gasteiger partial charge in [-0.1, -0.05) is 18.2 Å². The Hall–Kier alpha value is -3.91. The summed E-state index contributed by atoms with van der Waals surface area (Å²) in [5, 5.41) is 5.58. The van der Waals surface area contributed by atoms with E-state index in [4.69, 9.17) is 9.47 Å². The van der Waals surface area contributed by atoms with Gasteiger partial charge >= 0.3 is 0 Å². The Bertz CT molecular complexity index is 1310. The number of rotatable bonds is 8. The van der Waals surface area contributed by atoms with E-state index in [9.17, 15) is 9.59 Å². The molecule has 0 saturated carbocycles. The summed E-state index contributed by atoms with van der Waals surface area (Å²) in [4.78, 5) is 28.9. The fourth-order valence-electron chi connectivity index (χ4n) is 3.34. The van der Waals surface area contributed by atoms with E-state index in [1.165, 1.54) is 17.4 Å². The lowest BCUT2D eigenvalue weighted by atomic mass is 10.2. The minimum atomic E-state index is -0.147. The molecule has 0 saturated heterocycles. The van der Waals surface area contributed by atoms with Gasteiger partial charge in [0.05, 0.1) is 32.9 Å². The highest BCUT2D eigenvalue weighted by molar-refractivity contribution is 7.13. The number of pyridine rings is 1. The summed E-state index contributed by atoms with van der Waals surface area (Å²) in [7, 11) is 3.18. The fraction of sp³-hybridized carbons (Fsp3) is 0.160. The Kier molecular flexibility index (Phi) is 6.85. The molecule has 1 N–H and O–H groups in total. The summed E-state index contributed by atoms with van der Waals surface area (Å²) < 4.78 is 12.3. The second kappa shape index (κ2) is 10.1. The Morgan fingerprint density at radius 2 is 1.82 bits per heavy atom. The topological polar surface area (TPSA) is 82.5 Å². The summed E-state index contributed by atoms with van der Waals surface area (Å²) in [5.41, 5.74) is 3.21. The summed E-state index contributed by atoms with van der Waals surface area (Å²) in [6, 6.07) is 18.1. The number of carbonyl (C=O) groups excluding carboxylic acids is 1. The maximum Gasteiger partial charge on any atom is 0.250 e. The van der Waals surface area contributed by atoms with E-state index in [-0.39, 0.29) is 17.9 Å². The first-order valence-electron chi connectivity index (χ1n) is 10.3. The molecule has 4 rings (SSSR count). The number of thiazole rings is 1. The van der Waals surface area contributed by atoms with Crippen molar-refractivity contribution in [1.29, 1.82) is 0 Å². The van der Waals surface area contributed by atoms with E-state index < -0.39 is 0 Å². The Labute approximate surface area is 195 Å². The molecule has 2 aromatic heterocycles. The van der Waals surface area contributed by atoms with Gasteiger partial charge in [0.2, 0.25) is 5.91 Å². The lowest BCUT2D eigenvalue weighted by molar-refractivity contribution is -0.115. The number of hydrogen-bond donors (Lipinski definition) is 1. The molecular formula is C25H23N3O4S. The number of methoxy groups -OCH3 is 2. The minimum Gasteiger partial charge on any atom is -0.493 e. The first kappa shape index (κ1) is 22.3. The normalized spacial score (nSPS) is 10.6. The number of aromatic nitrogens is 2. The third-order valence-corrected chi connectivity index (χ3v) is 5.95. The van der Waals surface area contributed by atoms with Crippen molar-refractivity contribution >= 4 is 22.9 Å². The number of carbonyl (C=O) groups is 1. The molecule has 0 spiro atoms. The van der Waals surface area contributed by atoms with Crippen molar-refractivity contribution in [3.8, 4) is 22.1 Å². The van der Waals surface area contributed by atoms with Gasteiger partial charge in [-0.2, -0.15) is 0 Å². The van der Waals surface area contributed by atoms with Crippen molar-refractivity contribution in [1.82, 2.24) is 9.55 Å². The van der Waals surface area contributed by atoms with E-state index in [0.717, 1.165) is 16.1 Å². The van der Waals surface area contributed by atoms with E-state index in [1.807, 2.05) is 53.9 Å². The van der Waals surface area contributed by atoms with E-state index in [1.54, 1.807) is 31.0 Å². The predicted octanol–water partition coefficient (Wildman–Crippen LogP) is 4.22. The second-order valence-corrected chi connectivity index (χ2v) is 8.16. The zero-order valence-corrected chi connectivity index (χ0v) is 19.1. The van der Waals surface area contributed by atoms with Crippen LogP contribution in [0.25, 0.3) is 10.6 Å². The van der Waals surface area contributed by atoms with E-state index >= 15 is 0 Å². The molecule has 0 atom stereocenters. The average molecular weight is 462 g/mol. The molecule has 4 aromatic rings. The van der Waals surface area contributed by atoms with Crippen LogP contribution >= 0.6 is 11.3 Å². The summed E-state index contributed by atoms with van der Waals surface area (Å²) in [6.45, 7) is 0.478. The molecule has 168 valence electrons. The van der Waals surface area contributed by atoms with Gasteiger partial charge in [-0.3, -0.25) is 9.59 Å². The molecule has 7 nitrogen and oxygen atoms in total. The number of benzene rings is 2. The molecule has 0 aliphatic rings. The molecule has 2 aromatic carbocycles. The van der Waals surface area contributed by atoms with Gasteiger partial charge in [-0.05, 0) is 42.0 Å². The van der Waals surface area contributed by atoms with Crippen LogP contribution < -0.4 is 20.3 Å². The standard InChI is InChI=1S/C25H23N3O4S/c1-31-21-11-8-18(13-22(21)32-2)25-27-20(16-33-25)14-23(29)26-19-9-6-17(7-10-19)15-28-12-4-3-5-24(28)30/h3-13,16H,14-15H2,1-2H3,(H,26,29). The van der Waals surface area contributed by atoms with Crippen LogP contribution in [0.4, 0.5) is 5.69 Å². The molecule has 1 amide bonds.